The Morgan fingerprint density at radius 2 is 1.73 bits per heavy atom. The van der Waals surface area contributed by atoms with Crippen molar-refractivity contribution in [3.63, 3.8) is 0 Å². The summed E-state index contributed by atoms with van der Waals surface area (Å²) < 4.78 is 5.89. The Morgan fingerprint density at radius 1 is 0.962 bits per heavy atom. The number of H-pyrrole nitrogens is 1. The number of hydrogen-bond donors (Lipinski definition) is 1. The van der Waals surface area contributed by atoms with E-state index in [1.54, 1.807) is 0 Å². The van der Waals surface area contributed by atoms with Crippen molar-refractivity contribution in [2.75, 3.05) is 13.1 Å². The molecule has 4 nitrogen and oxygen atoms in total. The van der Waals surface area contributed by atoms with Crippen LogP contribution in [0.1, 0.15) is 41.7 Å². The zero-order chi connectivity index (χ0) is 17.8. The van der Waals surface area contributed by atoms with E-state index in [9.17, 15) is 4.79 Å². The molecule has 1 amide bonds. The molecule has 1 aliphatic heterocycles. The van der Waals surface area contributed by atoms with E-state index in [0.29, 0.717) is 12.3 Å². The lowest BCUT2D eigenvalue weighted by molar-refractivity contribution is 0.0756. The van der Waals surface area contributed by atoms with Crippen LogP contribution in [0.15, 0.2) is 54.6 Å². The molecule has 0 saturated carbocycles. The number of ether oxygens (including phenoxy) is 1. The smallest absolute Gasteiger partial charge is 0.270 e. The summed E-state index contributed by atoms with van der Waals surface area (Å²) in [7, 11) is 0. The summed E-state index contributed by atoms with van der Waals surface area (Å²) in [6.45, 7) is 2.26. The SMILES string of the molecule is O=C(c1cc2ccc(OCc3ccccc3)cc2[nH]1)N1CCCCCC1. The van der Waals surface area contributed by atoms with Gasteiger partial charge in [0.25, 0.3) is 5.91 Å². The Kier molecular flexibility index (Phi) is 4.91. The molecule has 3 aromatic rings. The summed E-state index contributed by atoms with van der Waals surface area (Å²) >= 11 is 0. The van der Waals surface area contributed by atoms with Gasteiger partial charge in [-0.05, 0) is 36.6 Å². The maximum atomic E-state index is 12.8. The van der Waals surface area contributed by atoms with Crippen LogP contribution in [0.25, 0.3) is 10.9 Å². The van der Waals surface area contributed by atoms with Crippen LogP contribution in [0.4, 0.5) is 0 Å². The normalized spacial score (nSPS) is 15.0. The fraction of sp³-hybridized carbons (Fsp3) is 0.318. The van der Waals surface area contributed by atoms with Gasteiger partial charge in [-0.1, -0.05) is 43.2 Å². The van der Waals surface area contributed by atoms with Gasteiger partial charge < -0.3 is 14.6 Å². The van der Waals surface area contributed by atoms with Gasteiger partial charge >= 0.3 is 0 Å². The number of carbonyl (C=O) groups is 1. The highest BCUT2D eigenvalue weighted by Crippen LogP contribution is 2.23. The minimum atomic E-state index is 0.106. The van der Waals surface area contributed by atoms with Gasteiger partial charge in [0.2, 0.25) is 0 Å². The number of benzene rings is 2. The molecule has 4 heteroatoms. The predicted octanol–water partition coefficient (Wildman–Crippen LogP) is 4.76. The van der Waals surface area contributed by atoms with E-state index >= 15 is 0 Å². The summed E-state index contributed by atoms with van der Waals surface area (Å²) in [6, 6.07) is 18.0. The van der Waals surface area contributed by atoms with Crippen molar-refractivity contribution in [2.45, 2.75) is 32.3 Å². The first-order valence-corrected chi connectivity index (χ1v) is 9.38. The number of nitrogens with zero attached hydrogens (tertiary/aromatic N) is 1. The number of aromatic nitrogens is 1. The maximum Gasteiger partial charge on any atom is 0.270 e. The molecule has 0 unspecified atom stereocenters. The summed E-state index contributed by atoms with van der Waals surface area (Å²) in [5.41, 5.74) is 2.74. The number of hydrogen-bond acceptors (Lipinski definition) is 2. The van der Waals surface area contributed by atoms with Crippen LogP contribution < -0.4 is 4.74 Å². The van der Waals surface area contributed by atoms with Crippen molar-refractivity contribution in [3.05, 3.63) is 65.9 Å². The lowest BCUT2D eigenvalue weighted by atomic mass is 10.2. The Hall–Kier alpha value is -2.75. The quantitative estimate of drug-likeness (QED) is 0.738. The van der Waals surface area contributed by atoms with Crippen LogP contribution in [-0.4, -0.2) is 28.9 Å². The van der Waals surface area contributed by atoms with Gasteiger partial charge in [-0.3, -0.25) is 4.79 Å². The molecule has 0 bridgehead atoms. The number of nitrogens with one attached hydrogen (secondary N) is 1. The van der Waals surface area contributed by atoms with Gasteiger partial charge in [0.05, 0.1) is 0 Å². The van der Waals surface area contributed by atoms with Gasteiger partial charge in [-0.15, -0.1) is 0 Å². The zero-order valence-corrected chi connectivity index (χ0v) is 14.9. The van der Waals surface area contributed by atoms with Crippen molar-refractivity contribution >= 4 is 16.8 Å². The monoisotopic (exact) mass is 348 g/mol. The lowest BCUT2D eigenvalue weighted by Gasteiger charge is -2.19. The van der Waals surface area contributed by atoms with E-state index < -0.39 is 0 Å². The molecule has 0 aliphatic carbocycles. The second-order valence-corrected chi connectivity index (χ2v) is 6.91. The molecule has 2 aromatic carbocycles. The van der Waals surface area contributed by atoms with Crippen LogP contribution >= 0.6 is 0 Å². The molecule has 1 N–H and O–H groups in total. The Morgan fingerprint density at radius 3 is 2.50 bits per heavy atom. The molecule has 1 saturated heterocycles. The standard InChI is InChI=1S/C22H24N2O2/c25-22(24-12-6-1-2-7-13-24)21-14-18-10-11-19(15-20(18)23-21)26-16-17-8-4-3-5-9-17/h3-5,8-11,14-15,23H,1-2,6-7,12-13,16H2. The van der Waals surface area contributed by atoms with Crippen molar-refractivity contribution < 1.29 is 9.53 Å². The third-order valence-corrected chi connectivity index (χ3v) is 4.97. The van der Waals surface area contributed by atoms with Crippen LogP contribution in [0.2, 0.25) is 0 Å². The molecule has 0 spiro atoms. The summed E-state index contributed by atoms with van der Waals surface area (Å²) in [4.78, 5) is 18.0. The van der Waals surface area contributed by atoms with Crippen molar-refractivity contribution in [1.82, 2.24) is 9.88 Å². The average Bonchev–Trinajstić information content (AvgIpc) is 2.91. The molecule has 0 radical (unpaired) electrons. The molecule has 4 rings (SSSR count). The number of rotatable bonds is 4. The Labute approximate surface area is 153 Å². The van der Waals surface area contributed by atoms with Gasteiger partial charge in [-0.25, -0.2) is 0 Å². The zero-order valence-electron chi connectivity index (χ0n) is 14.9. The largest absolute Gasteiger partial charge is 0.489 e. The highest BCUT2D eigenvalue weighted by molar-refractivity contribution is 5.98. The molecule has 2 heterocycles. The predicted molar refractivity (Wildman–Crippen MR) is 103 cm³/mol. The highest BCUT2D eigenvalue weighted by Gasteiger charge is 2.19. The molecule has 0 atom stereocenters. The van der Waals surface area contributed by atoms with E-state index in [2.05, 4.69) is 4.98 Å². The third-order valence-electron chi connectivity index (χ3n) is 4.97. The first-order valence-electron chi connectivity index (χ1n) is 9.38. The Bertz CT molecular complexity index is 878. The first-order chi connectivity index (χ1) is 12.8. The van der Waals surface area contributed by atoms with Gasteiger partial charge in [-0.2, -0.15) is 0 Å². The molecular formula is C22H24N2O2. The summed E-state index contributed by atoms with van der Waals surface area (Å²) in [6.07, 6.45) is 4.64. The van der Waals surface area contributed by atoms with E-state index in [1.807, 2.05) is 59.5 Å². The fourth-order valence-corrected chi connectivity index (χ4v) is 3.50. The average molecular weight is 348 g/mol. The highest BCUT2D eigenvalue weighted by atomic mass is 16.5. The minimum Gasteiger partial charge on any atom is -0.489 e. The second kappa shape index (κ2) is 7.65. The van der Waals surface area contributed by atoms with Crippen LogP contribution in [0.3, 0.4) is 0 Å². The number of likely N-dealkylation sites (tertiary alicyclic amines) is 1. The van der Waals surface area contributed by atoms with Crippen molar-refractivity contribution in [2.24, 2.45) is 0 Å². The van der Waals surface area contributed by atoms with E-state index in [-0.39, 0.29) is 5.91 Å². The molecule has 1 aromatic heterocycles. The molecule has 1 fully saturated rings. The molecular weight excluding hydrogens is 324 g/mol. The topological polar surface area (TPSA) is 45.3 Å². The third kappa shape index (κ3) is 3.74. The molecule has 1 aliphatic rings. The van der Waals surface area contributed by atoms with E-state index in [0.717, 1.165) is 48.1 Å². The number of fused-ring (bicyclic) bond motifs is 1. The lowest BCUT2D eigenvalue weighted by Crippen LogP contribution is -2.32. The molecule has 26 heavy (non-hydrogen) atoms. The Balaban J connectivity index is 1.49. The second-order valence-electron chi connectivity index (χ2n) is 6.91. The van der Waals surface area contributed by atoms with E-state index in [4.69, 9.17) is 4.74 Å². The van der Waals surface area contributed by atoms with Crippen molar-refractivity contribution in [3.8, 4) is 5.75 Å². The van der Waals surface area contributed by atoms with Crippen LogP contribution in [-0.2, 0) is 6.61 Å². The number of aromatic amines is 1. The first kappa shape index (κ1) is 16.7. The van der Waals surface area contributed by atoms with Crippen molar-refractivity contribution in [1.29, 1.82) is 0 Å². The van der Waals surface area contributed by atoms with Crippen LogP contribution in [0, 0.1) is 0 Å². The summed E-state index contributed by atoms with van der Waals surface area (Å²) in [5, 5.41) is 1.04. The van der Waals surface area contributed by atoms with Gasteiger partial charge in [0.1, 0.15) is 18.1 Å². The fourth-order valence-electron chi connectivity index (χ4n) is 3.50. The minimum absolute atomic E-state index is 0.106. The van der Waals surface area contributed by atoms with Gasteiger partial charge in [0.15, 0.2) is 0 Å². The maximum absolute atomic E-state index is 12.8. The van der Waals surface area contributed by atoms with E-state index in [1.165, 1.54) is 12.8 Å². The number of amides is 1. The number of carbonyl (C=O) groups excluding carboxylic acids is 1. The molecule has 134 valence electrons. The van der Waals surface area contributed by atoms with Gasteiger partial charge in [0, 0.05) is 30.1 Å². The summed E-state index contributed by atoms with van der Waals surface area (Å²) in [5.74, 6) is 0.909. The van der Waals surface area contributed by atoms with Crippen LogP contribution in [0.5, 0.6) is 5.75 Å².